The van der Waals surface area contributed by atoms with Crippen LogP contribution in [0.4, 0.5) is 5.82 Å². The van der Waals surface area contributed by atoms with Gasteiger partial charge in [0.2, 0.25) is 0 Å². The highest BCUT2D eigenvalue weighted by Crippen LogP contribution is 2.18. The predicted molar refractivity (Wildman–Crippen MR) is 105 cm³/mol. The lowest BCUT2D eigenvalue weighted by atomic mass is 10.1. The summed E-state index contributed by atoms with van der Waals surface area (Å²) >= 11 is 0. The van der Waals surface area contributed by atoms with E-state index < -0.39 is 0 Å². The van der Waals surface area contributed by atoms with Gasteiger partial charge in [-0.05, 0) is 18.9 Å². The highest BCUT2D eigenvalue weighted by atomic mass is 16.5. The van der Waals surface area contributed by atoms with Crippen molar-refractivity contribution in [3.8, 4) is 5.75 Å². The number of aryl methyl sites for hydroxylation is 1. The van der Waals surface area contributed by atoms with Crippen LogP contribution in [-0.2, 0) is 7.05 Å². The molecule has 2 heterocycles. The number of nitrogens with zero attached hydrogens (tertiary/aromatic N) is 3. The van der Waals surface area contributed by atoms with Crippen molar-refractivity contribution in [3.05, 3.63) is 58.7 Å². The van der Waals surface area contributed by atoms with Crippen molar-refractivity contribution in [1.29, 1.82) is 0 Å². The zero-order valence-corrected chi connectivity index (χ0v) is 15.4. The lowest BCUT2D eigenvalue weighted by Crippen LogP contribution is -2.48. The van der Waals surface area contributed by atoms with Crippen molar-refractivity contribution >= 4 is 11.9 Å². The average Bonchev–Trinajstić information content (AvgIpc) is 2.68. The molecule has 1 fully saturated rings. The van der Waals surface area contributed by atoms with Crippen molar-refractivity contribution in [3.63, 3.8) is 0 Å². The van der Waals surface area contributed by atoms with Crippen LogP contribution in [0.15, 0.2) is 47.5 Å². The SMILES string of the molecule is COc1ccccc1/C=C/CNC1CCCN(c2nccn(C)c2=O)C1. The van der Waals surface area contributed by atoms with Crippen LogP contribution in [0.5, 0.6) is 5.75 Å². The number of ether oxygens (including phenoxy) is 1. The molecule has 1 aromatic carbocycles. The molecule has 6 heteroatoms. The molecule has 0 aliphatic carbocycles. The molecule has 1 saturated heterocycles. The van der Waals surface area contributed by atoms with E-state index in [-0.39, 0.29) is 5.56 Å². The number of nitrogens with one attached hydrogen (secondary N) is 1. The summed E-state index contributed by atoms with van der Waals surface area (Å²) in [5, 5.41) is 3.56. The second-order valence-corrected chi connectivity index (χ2v) is 6.50. The summed E-state index contributed by atoms with van der Waals surface area (Å²) < 4.78 is 6.94. The molecule has 0 saturated carbocycles. The fraction of sp³-hybridized carbons (Fsp3) is 0.400. The van der Waals surface area contributed by atoms with Crippen molar-refractivity contribution in [1.82, 2.24) is 14.9 Å². The fourth-order valence-electron chi connectivity index (χ4n) is 3.26. The van der Waals surface area contributed by atoms with E-state index in [1.165, 1.54) is 0 Å². The number of piperidine rings is 1. The quantitative estimate of drug-likeness (QED) is 0.860. The zero-order valence-electron chi connectivity index (χ0n) is 15.4. The molecule has 1 aliphatic rings. The first-order valence-corrected chi connectivity index (χ1v) is 8.98. The summed E-state index contributed by atoms with van der Waals surface area (Å²) in [4.78, 5) is 18.6. The molecule has 1 atom stereocenters. The third-order valence-electron chi connectivity index (χ3n) is 4.68. The number of rotatable bonds is 6. The van der Waals surface area contributed by atoms with E-state index in [4.69, 9.17) is 4.74 Å². The van der Waals surface area contributed by atoms with Crippen LogP contribution >= 0.6 is 0 Å². The topological polar surface area (TPSA) is 59.4 Å². The molecule has 1 aliphatic heterocycles. The van der Waals surface area contributed by atoms with Gasteiger partial charge >= 0.3 is 0 Å². The van der Waals surface area contributed by atoms with Gasteiger partial charge in [0.15, 0.2) is 5.82 Å². The molecule has 0 spiro atoms. The molecule has 1 unspecified atom stereocenters. The summed E-state index contributed by atoms with van der Waals surface area (Å²) in [6.45, 7) is 2.45. The molecule has 0 radical (unpaired) electrons. The number of anilines is 1. The second kappa shape index (κ2) is 8.67. The summed E-state index contributed by atoms with van der Waals surface area (Å²) in [6, 6.07) is 8.31. The Morgan fingerprint density at radius 1 is 1.38 bits per heavy atom. The Labute approximate surface area is 154 Å². The van der Waals surface area contributed by atoms with Crippen LogP contribution < -0.4 is 20.5 Å². The monoisotopic (exact) mass is 354 g/mol. The number of aromatic nitrogens is 2. The molecule has 3 rings (SSSR count). The van der Waals surface area contributed by atoms with Gasteiger partial charge in [0.1, 0.15) is 5.75 Å². The van der Waals surface area contributed by atoms with Crippen LogP contribution in [0.2, 0.25) is 0 Å². The number of hydrogen-bond acceptors (Lipinski definition) is 5. The summed E-state index contributed by atoms with van der Waals surface area (Å²) in [5.74, 6) is 1.42. The van der Waals surface area contributed by atoms with Crippen molar-refractivity contribution in [2.24, 2.45) is 7.05 Å². The molecule has 0 bridgehead atoms. The summed E-state index contributed by atoms with van der Waals surface area (Å²) in [6.07, 6.45) is 9.70. The fourth-order valence-corrected chi connectivity index (χ4v) is 3.26. The zero-order chi connectivity index (χ0) is 18.4. The first-order valence-electron chi connectivity index (χ1n) is 8.98. The minimum Gasteiger partial charge on any atom is -0.496 e. The lowest BCUT2D eigenvalue weighted by Gasteiger charge is -2.33. The van der Waals surface area contributed by atoms with Crippen molar-refractivity contribution < 1.29 is 4.74 Å². The van der Waals surface area contributed by atoms with Crippen LogP contribution in [0, 0.1) is 0 Å². The Hall–Kier alpha value is -2.60. The number of para-hydroxylation sites is 1. The Morgan fingerprint density at radius 3 is 3.08 bits per heavy atom. The molecule has 138 valence electrons. The highest BCUT2D eigenvalue weighted by molar-refractivity contribution is 5.57. The Morgan fingerprint density at radius 2 is 2.23 bits per heavy atom. The van der Waals surface area contributed by atoms with E-state index in [1.807, 2.05) is 24.3 Å². The second-order valence-electron chi connectivity index (χ2n) is 6.50. The van der Waals surface area contributed by atoms with E-state index in [0.29, 0.717) is 11.9 Å². The molecule has 26 heavy (non-hydrogen) atoms. The van der Waals surface area contributed by atoms with Gasteiger partial charge in [0.05, 0.1) is 7.11 Å². The van der Waals surface area contributed by atoms with Gasteiger partial charge in [-0.2, -0.15) is 0 Å². The van der Waals surface area contributed by atoms with Crippen LogP contribution in [0.1, 0.15) is 18.4 Å². The van der Waals surface area contributed by atoms with E-state index in [1.54, 1.807) is 31.1 Å². The van der Waals surface area contributed by atoms with Gasteiger partial charge in [0.25, 0.3) is 5.56 Å². The standard InChI is InChI=1S/C20H26N4O2/c1-23-14-12-22-19(20(23)25)24-13-6-9-17(15-24)21-11-5-8-16-7-3-4-10-18(16)26-2/h3-5,7-8,10,12,14,17,21H,6,9,11,13,15H2,1-2H3/b8-5+. The van der Waals surface area contributed by atoms with Crippen molar-refractivity contribution in [2.45, 2.75) is 18.9 Å². The molecule has 6 nitrogen and oxygen atoms in total. The third-order valence-corrected chi connectivity index (χ3v) is 4.68. The number of benzene rings is 1. The highest BCUT2D eigenvalue weighted by Gasteiger charge is 2.22. The van der Waals surface area contributed by atoms with E-state index in [9.17, 15) is 4.79 Å². The molecule has 0 amide bonds. The smallest absolute Gasteiger partial charge is 0.293 e. The summed E-state index contributed by atoms with van der Waals surface area (Å²) in [5.41, 5.74) is 1.03. The molecule has 2 aromatic rings. The predicted octanol–water partition coefficient (Wildman–Crippen LogP) is 2.06. The van der Waals surface area contributed by atoms with Crippen LogP contribution in [-0.4, -0.2) is 42.3 Å². The molecular formula is C20H26N4O2. The van der Waals surface area contributed by atoms with Gasteiger partial charge < -0.3 is 19.5 Å². The van der Waals surface area contributed by atoms with Crippen LogP contribution in [0.3, 0.4) is 0 Å². The van der Waals surface area contributed by atoms with Gasteiger partial charge in [-0.25, -0.2) is 4.98 Å². The molecule has 1 N–H and O–H groups in total. The lowest BCUT2D eigenvalue weighted by molar-refractivity contribution is 0.414. The first-order chi connectivity index (χ1) is 12.7. The first kappa shape index (κ1) is 18.2. The Bertz CT molecular complexity index is 815. The van der Waals surface area contributed by atoms with Gasteiger partial charge in [-0.1, -0.05) is 30.4 Å². The minimum atomic E-state index is -0.0378. The number of hydrogen-bond donors (Lipinski definition) is 1. The average molecular weight is 354 g/mol. The minimum absolute atomic E-state index is 0.0378. The van der Waals surface area contributed by atoms with Gasteiger partial charge in [-0.3, -0.25) is 4.79 Å². The largest absolute Gasteiger partial charge is 0.496 e. The van der Waals surface area contributed by atoms with Crippen LogP contribution in [0.25, 0.3) is 6.08 Å². The maximum absolute atomic E-state index is 12.3. The third kappa shape index (κ3) is 4.32. The number of methoxy groups -OCH3 is 1. The maximum atomic E-state index is 12.3. The Kier molecular flexibility index (Phi) is 6.07. The van der Waals surface area contributed by atoms with Gasteiger partial charge in [-0.15, -0.1) is 0 Å². The van der Waals surface area contributed by atoms with E-state index >= 15 is 0 Å². The summed E-state index contributed by atoms with van der Waals surface area (Å²) in [7, 11) is 3.44. The Balaban J connectivity index is 1.56. The van der Waals surface area contributed by atoms with E-state index in [2.05, 4.69) is 27.4 Å². The van der Waals surface area contributed by atoms with Crippen molar-refractivity contribution in [2.75, 3.05) is 31.6 Å². The molecule has 1 aromatic heterocycles. The van der Waals surface area contributed by atoms with Gasteiger partial charge in [0, 0.05) is 50.7 Å². The normalized spacial score (nSPS) is 17.6. The molecular weight excluding hydrogens is 328 g/mol. The maximum Gasteiger partial charge on any atom is 0.293 e. The van der Waals surface area contributed by atoms with E-state index in [0.717, 1.165) is 43.8 Å².